The SMILES string of the molecule is O=C(Cc1ccc(F)cc1)SC(Cn1ccnc1)c1c(Cl)cc(Cl)cc1Cl. The maximum absolute atomic E-state index is 13.0. The first-order valence-corrected chi connectivity index (χ1v) is 9.98. The highest BCUT2D eigenvalue weighted by molar-refractivity contribution is 8.13. The Morgan fingerprint density at radius 1 is 1.15 bits per heavy atom. The smallest absolute Gasteiger partial charge is 0.193 e. The van der Waals surface area contributed by atoms with E-state index in [1.807, 2.05) is 4.57 Å². The van der Waals surface area contributed by atoms with Crippen molar-refractivity contribution in [1.82, 2.24) is 9.55 Å². The average molecular weight is 444 g/mol. The molecule has 0 aliphatic carbocycles. The Hall–Kier alpha value is -1.53. The first kappa shape index (κ1) is 20.2. The van der Waals surface area contributed by atoms with Crippen LogP contribution in [-0.4, -0.2) is 14.7 Å². The molecule has 2 aromatic carbocycles. The predicted molar refractivity (Wildman–Crippen MR) is 109 cm³/mol. The third-order valence-corrected chi connectivity index (χ3v) is 5.76. The van der Waals surface area contributed by atoms with E-state index in [-0.39, 0.29) is 22.6 Å². The van der Waals surface area contributed by atoms with E-state index in [2.05, 4.69) is 4.98 Å². The van der Waals surface area contributed by atoms with Crippen LogP contribution in [0.15, 0.2) is 55.1 Å². The van der Waals surface area contributed by atoms with Crippen LogP contribution in [0.5, 0.6) is 0 Å². The maximum Gasteiger partial charge on any atom is 0.193 e. The van der Waals surface area contributed by atoms with Gasteiger partial charge in [0.05, 0.1) is 11.6 Å². The summed E-state index contributed by atoms with van der Waals surface area (Å²) in [6, 6.07) is 9.08. The fourth-order valence-corrected chi connectivity index (χ4v) is 5.00. The minimum absolute atomic E-state index is 0.0752. The molecule has 1 atom stereocenters. The summed E-state index contributed by atoms with van der Waals surface area (Å²) in [7, 11) is 0. The average Bonchev–Trinajstić information content (AvgIpc) is 3.09. The highest BCUT2D eigenvalue weighted by atomic mass is 35.5. The summed E-state index contributed by atoms with van der Waals surface area (Å²) in [5, 5.41) is 0.829. The van der Waals surface area contributed by atoms with Gasteiger partial charge in [-0.2, -0.15) is 0 Å². The van der Waals surface area contributed by atoms with Crippen molar-refractivity contribution in [3.05, 3.63) is 87.1 Å². The Labute approximate surface area is 175 Å². The van der Waals surface area contributed by atoms with Gasteiger partial charge in [0, 0.05) is 46.0 Å². The van der Waals surface area contributed by atoms with Gasteiger partial charge in [-0.05, 0) is 29.8 Å². The largest absolute Gasteiger partial charge is 0.336 e. The summed E-state index contributed by atoms with van der Waals surface area (Å²) in [5.74, 6) is -0.337. The van der Waals surface area contributed by atoms with Crippen LogP contribution in [-0.2, 0) is 17.8 Å². The van der Waals surface area contributed by atoms with Crippen molar-refractivity contribution in [1.29, 1.82) is 0 Å². The van der Waals surface area contributed by atoms with Crippen molar-refractivity contribution in [3.8, 4) is 0 Å². The summed E-state index contributed by atoms with van der Waals surface area (Å²) in [6.07, 6.45) is 5.30. The number of imidazole rings is 1. The van der Waals surface area contributed by atoms with Crippen LogP contribution in [0.4, 0.5) is 4.39 Å². The molecule has 0 aliphatic heterocycles. The standard InChI is InChI=1S/C19H14Cl3FN2OS/c20-13-8-15(21)19(16(22)9-13)17(10-25-6-5-24-11-25)27-18(26)7-12-1-3-14(23)4-2-12/h1-6,8-9,11,17H,7,10H2. The molecule has 0 spiro atoms. The highest BCUT2D eigenvalue weighted by Gasteiger charge is 2.23. The molecule has 0 radical (unpaired) electrons. The molecular formula is C19H14Cl3FN2OS. The van der Waals surface area contributed by atoms with Crippen molar-refractivity contribution in [2.45, 2.75) is 18.2 Å². The van der Waals surface area contributed by atoms with Crippen molar-refractivity contribution < 1.29 is 9.18 Å². The topological polar surface area (TPSA) is 34.9 Å². The van der Waals surface area contributed by atoms with Gasteiger partial charge in [-0.25, -0.2) is 9.37 Å². The number of rotatable bonds is 6. The lowest BCUT2D eigenvalue weighted by atomic mass is 10.1. The molecule has 3 rings (SSSR count). The van der Waals surface area contributed by atoms with Crippen molar-refractivity contribution >= 4 is 51.7 Å². The second kappa shape index (κ2) is 9.11. The Morgan fingerprint density at radius 2 is 1.81 bits per heavy atom. The number of nitrogens with zero attached hydrogens (tertiary/aromatic N) is 2. The second-order valence-corrected chi connectivity index (χ2v) is 8.34. The zero-order chi connectivity index (χ0) is 19.4. The molecule has 0 amide bonds. The first-order valence-electron chi connectivity index (χ1n) is 7.96. The number of carbonyl (C=O) groups is 1. The van der Waals surface area contributed by atoms with E-state index >= 15 is 0 Å². The van der Waals surface area contributed by atoms with E-state index in [0.29, 0.717) is 27.2 Å². The molecular weight excluding hydrogens is 430 g/mol. The Kier molecular flexibility index (Phi) is 6.82. The van der Waals surface area contributed by atoms with Crippen LogP contribution in [0.1, 0.15) is 16.4 Å². The minimum Gasteiger partial charge on any atom is -0.336 e. The number of carbonyl (C=O) groups excluding carboxylic acids is 1. The Bertz CT molecular complexity index is 910. The van der Waals surface area contributed by atoms with Gasteiger partial charge in [-0.15, -0.1) is 0 Å². The van der Waals surface area contributed by atoms with E-state index in [0.717, 1.165) is 17.3 Å². The quantitative estimate of drug-likeness (QED) is 0.453. The molecule has 8 heteroatoms. The molecule has 3 aromatic rings. The molecule has 1 heterocycles. The molecule has 0 bridgehead atoms. The number of halogens is 4. The molecule has 0 aliphatic rings. The fraction of sp³-hybridized carbons (Fsp3) is 0.158. The fourth-order valence-electron chi connectivity index (χ4n) is 2.60. The molecule has 3 nitrogen and oxygen atoms in total. The van der Waals surface area contributed by atoms with E-state index in [1.54, 1.807) is 43.0 Å². The number of thioether (sulfide) groups is 1. The molecule has 0 saturated heterocycles. The molecule has 0 N–H and O–H groups in total. The Balaban J connectivity index is 1.84. The van der Waals surface area contributed by atoms with Gasteiger partial charge in [0.15, 0.2) is 5.12 Å². The van der Waals surface area contributed by atoms with Crippen LogP contribution >= 0.6 is 46.6 Å². The number of aromatic nitrogens is 2. The lowest BCUT2D eigenvalue weighted by molar-refractivity contribution is -0.110. The summed E-state index contributed by atoms with van der Waals surface area (Å²) in [5.41, 5.74) is 1.39. The predicted octanol–water partition coefficient (Wildman–Crippen LogP) is 6.23. The van der Waals surface area contributed by atoms with Crippen molar-refractivity contribution in [3.63, 3.8) is 0 Å². The first-order chi connectivity index (χ1) is 12.9. The third kappa shape index (κ3) is 5.48. The van der Waals surface area contributed by atoms with Gasteiger partial charge in [-0.1, -0.05) is 58.7 Å². The Morgan fingerprint density at radius 3 is 2.41 bits per heavy atom. The lowest BCUT2D eigenvalue weighted by Gasteiger charge is -2.20. The zero-order valence-electron chi connectivity index (χ0n) is 13.9. The number of hydrogen-bond donors (Lipinski definition) is 0. The maximum atomic E-state index is 13.0. The van der Waals surface area contributed by atoms with Gasteiger partial charge in [0.2, 0.25) is 0 Å². The van der Waals surface area contributed by atoms with Gasteiger partial charge >= 0.3 is 0 Å². The molecule has 140 valence electrons. The van der Waals surface area contributed by atoms with Crippen molar-refractivity contribution in [2.75, 3.05) is 0 Å². The van der Waals surface area contributed by atoms with E-state index < -0.39 is 0 Å². The molecule has 1 aromatic heterocycles. The molecule has 1 unspecified atom stereocenters. The molecule has 0 saturated carbocycles. The zero-order valence-corrected chi connectivity index (χ0v) is 17.0. The van der Waals surface area contributed by atoms with Gasteiger partial charge in [0.1, 0.15) is 5.82 Å². The van der Waals surface area contributed by atoms with Crippen LogP contribution in [0, 0.1) is 5.82 Å². The van der Waals surface area contributed by atoms with Crippen LogP contribution in [0.3, 0.4) is 0 Å². The highest BCUT2D eigenvalue weighted by Crippen LogP contribution is 2.41. The van der Waals surface area contributed by atoms with Gasteiger partial charge in [0.25, 0.3) is 0 Å². The molecule has 27 heavy (non-hydrogen) atoms. The number of hydrogen-bond acceptors (Lipinski definition) is 3. The van der Waals surface area contributed by atoms with Crippen LogP contribution in [0.2, 0.25) is 15.1 Å². The minimum atomic E-state index is -0.337. The van der Waals surface area contributed by atoms with Gasteiger partial charge in [-0.3, -0.25) is 4.79 Å². The third-order valence-electron chi connectivity index (χ3n) is 3.84. The van der Waals surface area contributed by atoms with E-state index in [9.17, 15) is 9.18 Å². The van der Waals surface area contributed by atoms with Crippen LogP contribution < -0.4 is 0 Å². The lowest BCUT2D eigenvalue weighted by Crippen LogP contribution is -2.10. The normalized spacial score (nSPS) is 12.1. The van der Waals surface area contributed by atoms with Gasteiger partial charge < -0.3 is 4.57 Å². The van der Waals surface area contributed by atoms with E-state index in [1.165, 1.54) is 12.1 Å². The summed E-state index contributed by atoms with van der Waals surface area (Å²) in [6.45, 7) is 0.459. The summed E-state index contributed by atoms with van der Waals surface area (Å²) < 4.78 is 14.9. The monoisotopic (exact) mass is 442 g/mol. The summed E-state index contributed by atoms with van der Waals surface area (Å²) in [4.78, 5) is 16.7. The number of benzene rings is 2. The van der Waals surface area contributed by atoms with Crippen molar-refractivity contribution in [2.24, 2.45) is 0 Å². The molecule has 0 fully saturated rings. The second-order valence-electron chi connectivity index (χ2n) is 5.82. The van der Waals surface area contributed by atoms with E-state index in [4.69, 9.17) is 34.8 Å². The van der Waals surface area contributed by atoms with Crippen LogP contribution in [0.25, 0.3) is 0 Å². The summed E-state index contributed by atoms with van der Waals surface area (Å²) >= 11 is 19.9.